The quantitative estimate of drug-likeness (QED) is 0.807. The Morgan fingerprint density at radius 3 is 2.74 bits per heavy atom. The highest BCUT2D eigenvalue weighted by molar-refractivity contribution is 5.93. The molecule has 2 aliphatic rings. The Kier molecular flexibility index (Phi) is 4.13. The number of hydrogen-bond acceptors (Lipinski definition) is 3. The number of amides is 2. The summed E-state index contributed by atoms with van der Waals surface area (Å²) in [5, 5.41) is 2.93. The third kappa shape index (κ3) is 3.08. The smallest absolute Gasteiger partial charge is 0.248 e. The van der Waals surface area contributed by atoms with Gasteiger partial charge in [-0.25, -0.2) is 0 Å². The van der Waals surface area contributed by atoms with Crippen molar-refractivity contribution in [1.82, 2.24) is 10.2 Å². The minimum absolute atomic E-state index is 0.00519. The first-order valence-corrected chi connectivity index (χ1v) is 7.19. The summed E-state index contributed by atoms with van der Waals surface area (Å²) < 4.78 is 5.51. The lowest BCUT2D eigenvalue weighted by atomic mass is 9.94. The van der Waals surface area contributed by atoms with Crippen molar-refractivity contribution >= 4 is 11.8 Å². The van der Waals surface area contributed by atoms with Crippen LogP contribution in [-0.2, 0) is 14.3 Å². The molecule has 1 aliphatic carbocycles. The molecule has 19 heavy (non-hydrogen) atoms. The first-order chi connectivity index (χ1) is 8.97. The number of nitrogens with zero attached hydrogens (tertiary/aromatic N) is 1. The van der Waals surface area contributed by atoms with Gasteiger partial charge in [0, 0.05) is 26.1 Å². The number of carbonyl (C=O) groups is 2. The normalized spacial score (nSPS) is 29.9. The predicted octanol–water partition coefficient (Wildman–Crippen LogP) is 0.929. The summed E-state index contributed by atoms with van der Waals surface area (Å²) in [6.45, 7) is 7.47. The lowest BCUT2D eigenvalue weighted by molar-refractivity contribution is -0.140. The zero-order valence-electron chi connectivity index (χ0n) is 12.1. The third-order valence-corrected chi connectivity index (χ3v) is 4.06. The molecule has 1 N–H and O–H groups in total. The van der Waals surface area contributed by atoms with E-state index in [-0.39, 0.29) is 17.9 Å². The largest absolute Gasteiger partial charge is 0.377 e. The average molecular weight is 268 g/mol. The van der Waals surface area contributed by atoms with Gasteiger partial charge in [0.05, 0.1) is 6.10 Å². The first-order valence-electron chi connectivity index (χ1n) is 7.19. The molecule has 0 bridgehead atoms. The third-order valence-electron chi connectivity index (χ3n) is 4.06. The van der Waals surface area contributed by atoms with Crippen molar-refractivity contribution in [3.05, 3.63) is 0 Å². The van der Waals surface area contributed by atoms with Crippen molar-refractivity contribution in [2.24, 2.45) is 5.92 Å². The summed E-state index contributed by atoms with van der Waals surface area (Å²) in [5.74, 6) is 0.327. The van der Waals surface area contributed by atoms with Crippen LogP contribution in [0.3, 0.4) is 0 Å². The van der Waals surface area contributed by atoms with Crippen LogP contribution in [0, 0.1) is 5.92 Å². The number of nitrogens with one attached hydrogen (secondary N) is 1. The maximum atomic E-state index is 12.7. The molecule has 1 saturated carbocycles. The summed E-state index contributed by atoms with van der Waals surface area (Å²) in [7, 11) is 0. The molecule has 2 fully saturated rings. The van der Waals surface area contributed by atoms with E-state index in [9.17, 15) is 9.59 Å². The van der Waals surface area contributed by atoms with Gasteiger partial charge in [0.1, 0.15) is 5.54 Å². The van der Waals surface area contributed by atoms with Gasteiger partial charge in [-0.1, -0.05) is 0 Å². The van der Waals surface area contributed by atoms with Gasteiger partial charge >= 0.3 is 0 Å². The molecule has 0 aromatic heterocycles. The van der Waals surface area contributed by atoms with Crippen LogP contribution in [0.25, 0.3) is 0 Å². The fraction of sp³-hybridized carbons (Fsp3) is 0.857. The highest BCUT2D eigenvalue weighted by atomic mass is 16.5. The minimum Gasteiger partial charge on any atom is -0.377 e. The van der Waals surface area contributed by atoms with Crippen LogP contribution < -0.4 is 5.32 Å². The molecule has 0 radical (unpaired) electrons. The first kappa shape index (κ1) is 14.3. The van der Waals surface area contributed by atoms with Crippen LogP contribution in [0.5, 0.6) is 0 Å². The van der Waals surface area contributed by atoms with Crippen molar-refractivity contribution in [1.29, 1.82) is 0 Å². The van der Waals surface area contributed by atoms with Crippen LogP contribution in [0.2, 0.25) is 0 Å². The van der Waals surface area contributed by atoms with Gasteiger partial charge in [-0.15, -0.1) is 0 Å². The highest BCUT2D eigenvalue weighted by Gasteiger charge is 2.51. The van der Waals surface area contributed by atoms with E-state index in [4.69, 9.17) is 4.74 Å². The van der Waals surface area contributed by atoms with Crippen LogP contribution in [0.4, 0.5) is 0 Å². The lowest BCUT2D eigenvalue weighted by Gasteiger charge is -2.33. The number of hydrogen-bond donors (Lipinski definition) is 1. The summed E-state index contributed by atoms with van der Waals surface area (Å²) in [6.07, 6.45) is 2.44. The summed E-state index contributed by atoms with van der Waals surface area (Å²) in [4.78, 5) is 26.3. The molecule has 2 amide bonds. The SMILES string of the molecule is CCOC(C)CN1CCC(=O)NC(C)(C2CC2)C1=O. The molecule has 1 aliphatic heterocycles. The van der Waals surface area contributed by atoms with Gasteiger partial charge in [0.25, 0.3) is 0 Å². The van der Waals surface area contributed by atoms with E-state index in [1.54, 1.807) is 4.90 Å². The molecule has 0 spiro atoms. The Labute approximate surface area is 114 Å². The fourth-order valence-corrected chi connectivity index (χ4v) is 2.83. The van der Waals surface area contributed by atoms with Crippen LogP contribution in [0.15, 0.2) is 0 Å². The molecule has 0 aromatic carbocycles. The van der Waals surface area contributed by atoms with Crippen molar-refractivity contribution in [3.8, 4) is 0 Å². The maximum absolute atomic E-state index is 12.7. The van der Waals surface area contributed by atoms with E-state index in [2.05, 4.69) is 5.32 Å². The Morgan fingerprint density at radius 1 is 1.47 bits per heavy atom. The van der Waals surface area contributed by atoms with Crippen molar-refractivity contribution < 1.29 is 14.3 Å². The molecular formula is C14H24N2O3. The van der Waals surface area contributed by atoms with Gasteiger partial charge in [0.2, 0.25) is 11.8 Å². The van der Waals surface area contributed by atoms with Crippen molar-refractivity contribution in [2.75, 3.05) is 19.7 Å². The van der Waals surface area contributed by atoms with Crippen LogP contribution in [-0.4, -0.2) is 48.1 Å². The van der Waals surface area contributed by atoms with Crippen LogP contribution >= 0.6 is 0 Å². The highest BCUT2D eigenvalue weighted by Crippen LogP contribution is 2.41. The molecule has 108 valence electrons. The standard InChI is InChI=1S/C14H24N2O3/c1-4-19-10(2)9-16-8-7-12(17)15-14(3,13(16)18)11-5-6-11/h10-11H,4-9H2,1-3H3,(H,15,17). The molecule has 1 heterocycles. The zero-order valence-corrected chi connectivity index (χ0v) is 12.1. The van der Waals surface area contributed by atoms with Crippen LogP contribution in [0.1, 0.15) is 40.0 Å². The van der Waals surface area contributed by atoms with E-state index in [0.29, 0.717) is 32.0 Å². The number of rotatable bonds is 5. The van der Waals surface area contributed by atoms with Gasteiger partial charge in [-0.3, -0.25) is 9.59 Å². The second-order valence-corrected chi connectivity index (χ2v) is 5.79. The second-order valence-electron chi connectivity index (χ2n) is 5.79. The molecule has 2 rings (SSSR count). The van der Waals surface area contributed by atoms with E-state index in [1.165, 1.54) is 0 Å². The number of carbonyl (C=O) groups excluding carboxylic acids is 2. The second kappa shape index (κ2) is 5.49. The van der Waals surface area contributed by atoms with Gasteiger partial charge in [-0.2, -0.15) is 0 Å². The van der Waals surface area contributed by atoms with E-state index in [0.717, 1.165) is 12.8 Å². The Balaban J connectivity index is 2.10. The number of ether oxygens (including phenoxy) is 1. The van der Waals surface area contributed by atoms with Crippen molar-refractivity contribution in [2.45, 2.75) is 51.7 Å². The Hall–Kier alpha value is -1.10. The van der Waals surface area contributed by atoms with E-state index < -0.39 is 5.54 Å². The molecular weight excluding hydrogens is 244 g/mol. The monoisotopic (exact) mass is 268 g/mol. The zero-order chi connectivity index (χ0) is 14.0. The van der Waals surface area contributed by atoms with Crippen molar-refractivity contribution in [3.63, 3.8) is 0 Å². The average Bonchev–Trinajstić information content (AvgIpc) is 3.17. The molecule has 5 heteroatoms. The summed E-state index contributed by atoms with van der Waals surface area (Å²) in [5.41, 5.74) is -0.709. The predicted molar refractivity (Wildman–Crippen MR) is 71.6 cm³/mol. The maximum Gasteiger partial charge on any atom is 0.248 e. The van der Waals surface area contributed by atoms with E-state index in [1.807, 2.05) is 20.8 Å². The minimum atomic E-state index is -0.709. The van der Waals surface area contributed by atoms with Gasteiger partial charge < -0.3 is 15.0 Å². The molecule has 2 atom stereocenters. The fourth-order valence-electron chi connectivity index (χ4n) is 2.83. The lowest BCUT2D eigenvalue weighted by Crippen LogP contribution is -2.57. The Morgan fingerprint density at radius 2 is 2.16 bits per heavy atom. The molecule has 5 nitrogen and oxygen atoms in total. The Bertz CT molecular complexity index is 368. The summed E-state index contributed by atoms with van der Waals surface area (Å²) >= 11 is 0. The van der Waals surface area contributed by atoms with Gasteiger partial charge in [-0.05, 0) is 39.5 Å². The topological polar surface area (TPSA) is 58.6 Å². The molecule has 1 saturated heterocycles. The molecule has 0 aromatic rings. The van der Waals surface area contributed by atoms with E-state index >= 15 is 0 Å². The summed E-state index contributed by atoms with van der Waals surface area (Å²) in [6, 6.07) is 0. The molecule has 2 unspecified atom stereocenters. The van der Waals surface area contributed by atoms with Gasteiger partial charge in [0.15, 0.2) is 0 Å².